The van der Waals surface area contributed by atoms with Crippen LogP contribution in [-0.4, -0.2) is 23.4 Å². The lowest BCUT2D eigenvalue weighted by atomic mass is 10.1. The average molecular weight is 229 g/mol. The molecule has 0 saturated carbocycles. The van der Waals surface area contributed by atoms with Crippen LogP contribution in [0.25, 0.3) is 11.1 Å². The van der Waals surface area contributed by atoms with Crippen LogP contribution in [0.1, 0.15) is 6.42 Å². The average Bonchev–Trinajstić information content (AvgIpc) is 2.83. The summed E-state index contributed by atoms with van der Waals surface area (Å²) in [4.78, 5) is 0. The zero-order valence-electron chi connectivity index (χ0n) is 9.81. The smallest absolute Gasteiger partial charge is 0.132 e. The molecule has 0 fully saturated rings. The number of fused-ring (bicyclic) bond motifs is 1. The molecule has 0 atom stereocenters. The van der Waals surface area contributed by atoms with E-state index in [0.717, 1.165) is 36.6 Å². The minimum atomic E-state index is 0.878. The number of hydrogen-bond acceptors (Lipinski definition) is 3. The largest absolute Gasteiger partial charge is 0.497 e. The van der Waals surface area contributed by atoms with Crippen molar-refractivity contribution in [3.63, 3.8) is 0 Å². The Morgan fingerprint density at radius 1 is 1.29 bits per heavy atom. The number of aromatic nitrogens is 2. The summed E-state index contributed by atoms with van der Waals surface area (Å²) in [7, 11) is 1.68. The second-order valence-corrected chi connectivity index (χ2v) is 4.14. The van der Waals surface area contributed by atoms with Crippen LogP contribution in [0.2, 0.25) is 0 Å². The first-order valence-electron chi connectivity index (χ1n) is 5.82. The van der Waals surface area contributed by atoms with E-state index in [4.69, 9.17) is 4.74 Å². The van der Waals surface area contributed by atoms with Gasteiger partial charge in [0.1, 0.15) is 11.6 Å². The summed E-state index contributed by atoms with van der Waals surface area (Å²) in [6.07, 6.45) is 3.06. The Hall–Kier alpha value is -1.97. The Balaban J connectivity index is 2.00. The van der Waals surface area contributed by atoms with E-state index in [9.17, 15) is 0 Å². The van der Waals surface area contributed by atoms with Gasteiger partial charge >= 0.3 is 0 Å². The normalized spacial score (nSPS) is 13.9. The zero-order chi connectivity index (χ0) is 11.7. The number of ether oxygens (including phenoxy) is 1. The number of nitrogens with zero attached hydrogens (tertiary/aromatic N) is 2. The van der Waals surface area contributed by atoms with Crippen LogP contribution in [0.15, 0.2) is 30.5 Å². The molecule has 3 rings (SSSR count). The third-order valence-corrected chi connectivity index (χ3v) is 3.08. The summed E-state index contributed by atoms with van der Waals surface area (Å²) >= 11 is 0. The predicted molar refractivity (Wildman–Crippen MR) is 67.3 cm³/mol. The van der Waals surface area contributed by atoms with Crippen LogP contribution >= 0.6 is 0 Å². The van der Waals surface area contributed by atoms with Gasteiger partial charge in [-0.1, -0.05) is 12.1 Å². The maximum Gasteiger partial charge on any atom is 0.132 e. The third-order valence-electron chi connectivity index (χ3n) is 3.08. The summed E-state index contributed by atoms with van der Waals surface area (Å²) in [6, 6.07) is 8.07. The first-order valence-corrected chi connectivity index (χ1v) is 5.82. The van der Waals surface area contributed by atoms with E-state index in [1.54, 1.807) is 7.11 Å². The van der Waals surface area contributed by atoms with Crippen molar-refractivity contribution in [3.8, 4) is 16.9 Å². The van der Waals surface area contributed by atoms with Crippen molar-refractivity contribution >= 4 is 5.82 Å². The molecule has 0 bridgehead atoms. The SMILES string of the molecule is COc1ccc(-c2cnn3c2NCCC3)cc1. The number of aryl methyl sites for hydroxylation is 1. The summed E-state index contributed by atoms with van der Waals surface area (Å²) in [5.41, 5.74) is 2.33. The molecule has 0 amide bonds. The lowest BCUT2D eigenvalue weighted by molar-refractivity contribution is 0.415. The van der Waals surface area contributed by atoms with Gasteiger partial charge in [0.25, 0.3) is 0 Å². The molecule has 1 aliphatic rings. The van der Waals surface area contributed by atoms with Crippen LogP contribution in [-0.2, 0) is 6.54 Å². The van der Waals surface area contributed by atoms with Crippen LogP contribution < -0.4 is 10.1 Å². The van der Waals surface area contributed by atoms with Crippen molar-refractivity contribution in [2.45, 2.75) is 13.0 Å². The third kappa shape index (κ3) is 1.75. The number of benzene rings is 1. The van der Waals surface area contributed by atoms with Gasteiger partial charge in [0.15, 0.2) is 0 Å². The Bertz CT molecular complexity index is 516. The van der Waals surface area contributed by atoms with E-state index in [2.05, 4.69) is 22.5 Å². The molecule has 0 unspecified atom stereocenters. The Kier molecular flexibility index (Phi) is 2.48. The van der Waals surface area contributed by atoms with Gasteiger partial charge in [-0.3, -0.25) is 0 Å². The monoisotopic (exact) mass is 229 g/mol. The predicted octanol–water partition coefficient (Wildman–Crippen LogP) is 2.37. The Morgan fingerprint density at radius 3 is 2.88 bits per heavy atom. The highest BCUT2D eigenvalue weighted by molar-refractivity contribution is 5.75. The van der Waals surface area contributed by atoms with E-state index in [0.29, 0.717) is 0 Å². The van der Waals surface area contributed by atoms with Gasteiger partial charge in [-0.15, -0.1) is 0 Å². The summed E-state index contributed by atoms with van der Waals surface area (Å²) in [6.45, 7) is 2.02. The molecule has 17 heavy (non-hydrogen) atoms. The molecule has 2 aromatic rings. The minimum Gasteiger partial charge on any atom is -0.497 e. The molecule has 1 aliphatic heterocycles. The van der Waals surface area contributed by atoms with E-state index in [-0.39, 0.29) is 0 Å². The molecule has 0 aliphatic carbocycles. The highest BCUT2D eigenvalue weighted by atomic mass is 16.5. The fourth-order valence-electron chi connectivity index (χ4n) is 2.16. The molecular formula is C13H15N3O. The fourth-order valence-corrected chi connectivity index (χ4v) is 2.16. The number of anilines is 1. The standard InChI is InChI=1S/C13H15N3O/c1-17-11-5-3-10(4-6-11)12-9-15-16-8-2-7-14-13(12)16/h3-6,9,14H,2,7-8H2,1H3. The van der Waals surface area contributed by atoms with E-state index >= 15 is 0 Å². The van der Waals surface area contributed by atoms with Crippen LogP contribution in [0.5, 0.6) is 5.75 Å². The second-order valence-electron chi connectivity index (χ2n) is 4.14. The van der Waals surface area contributed by atoms with Crippen LogP contribution in [0, 0.1) is 0 Å². The lowest BCUT2D eigenvalue weighted by Gasteiger charge is -2.17. The first-order chi connectivity index (χ1) is 8.38. The molecule has 88 valence electrons. The van der Waals surface area contributed by atoms with Crippen molar-refractivity contribution in [3.05, 3.63) is 30.5 Å². The van der Waals surface area contributed by atoms with Gasteiger partial charge in [0.05, 0.1) is 13.3 Å². The van der Waals surface area contributed by atoms with Gasteiger partial charge in [-0.2, -0.15) is 5.10 Å². The van der Waals surface area contributed by atoms with Gasteiger partial charge in [0.2, 0.25) is 0 Å². The molecule has 2 heterocycles. The molecule has 4 nitrogen and oxygen atoms in total. The van der Waals surface area contributed by atoms with E-state index in [1.807, 2.05) is 23.0 Å². The minimum absolute atomic E-state index is 0.878. The van der Waals surface area contributed by atoms with Crippen molar-refractivity contribution in [2.75, 3.05) is 19.0 Å². The topological polar surface area (TPSA) is 39.1 Å². The molecule has 4 heteroatoms. The first kappa shape index (κ1) is 10.2. The van der Waals surface area contributed by atoms with Crippen molar-refractivity contribution in [1.29, 1.82) is 0 Å². The number of methoxy groups -OCH3 is 1. The number of hydrogen-bond donors (Lipinski definition) is 1. The summed E-state index contributed by atoms with van der Waals surface area (Å²) in [5, 5.41) is 7.81. The van der Waals surface area contributed by atoms with Gasteiger partial charge < -0.3 is 10.1 Å². The maximum absolute atomic E-state index is 5.16. The number of nitrogens with one attached hydrogen (secondary N) is 1. The maximum atomic E-state index is 5.16. The number of rotatable bonds is 2. The van der Waals surface area contributed by atoms with Crippen molar-refractivity contribution < 1.29 is 4.74 Å². The molecule has 0 saturated heterocycles. The molecule has 1 aromatic heterocycles. The lowest BCUT2D eigenvalue weighted by Crippen LogP contribution is -2.17. The molecular weight excluding hydrogens is 214 g/mol. The second kappa shape index (κ2) is 4.13. The molecule has 1 N–H and O–H groups in total. The van der Waals surface area contributed by atoms with Gasteiger partial charge in [0, 0.05) is 18.7 Å². The van der Waals surface area contributed by atoms with E-state index in [1.165, 1.54) is 5.56 Å². The summed E-state index contributed by atoms with van der Waals surface area (Å²) in [5.74, 6) is 2.00. The Labute approximate surface area is 100 Å². The highest BCUT2D eigenvalue weighted by Crippen LogP contribution is 2.30. The molecule has 0 spiro atoms. The molecule has 1 aromatic carbocycles. The highest BCUT2D eigenvalue weighted by Gasteiger charge is 2.15. The van der Waals surface area contributed by atoms with Crippen LogP contribution in [0.3, 0.4) is 0 Å². The molecule has 0 radical (unpaired) electrons. The van der Waals surface area contributed by atoms with Crippen LogP contribution in [0.4, 0.5) is 5.82 Å². The van der Waals surface area contributed by atoms with Crippen molar-refractivity contribution in [1.82, 2.24) is 9.78 Å². The van der Waals surface area contributed by atoms with Crippen molar-refractivity contribution in [2.24, 2.45) is 0 Å². The fraction of sp³-hybridized carbons (Fsp3) is 0.308. The quantitative estimate of drug-likeness (QED) is 0.859. The summed E-state index contributed by atoms with van der Waals surface area (Å²) < 4.78 is 7.19. The van der Waals surface area contributed by atoms with E-state index < -0.39 is 0 Å². The van der Waals surface area contributed by atoms with Gasteiger partial charge in [-0.05, 0) is 24.1 Å². The zero-order valence-corrected chi connectivity index (χ0v) is 9.81. The van der Waals surface area contributed by atoms with Gasteiger partial charge in [-0.25, -0.2) is 4.68 Å². The Morgan fingerprint density at radius 2 is 2.12 bits per heavy atom.